The van der Waals surface area contributed by atoms with Gasteiger partial charge in [0.25, 0.3) is 5.91 Å². The number of thiophene rings is 1. The summed E-state index contributed by atoms with van der Waals surface area (Å²) in [7, 11) is 0. The highest BCUT2D eigenvalue weighted by molar-refractivity contribution is 7.10. The molecule has 3 amide bonds. The lowest BCUT2D eigenvalue weighted by Gasteiger charge is -2.25. The first-order chi connectivity index (χ1) is 14.8. The fraction of sp³-hybridized carbons (Fsp3) is 0.391. The number of hydrogen-bond acceptors (Lipinski definition) is 5. The van der Waals surface area contributed by atoms with Crippen LogP contribution in [0.1, 0.15) is 57.6 Å². The quantitative estimate of drug-likeness (QED) is 0.670. The summed E-state index contributed by atoms with van der Waals surface area (Å²) in [6.45, 7) is 2.27. The minimum absolute atomic E-state index is 0.116. The maximum absolute atomic E-state index is 12.9. The van der Waals surface area contributed by atoms with E-state index in [4.69, 9.17) is 11.6 Å². The van der Waals surface area contributed by atoms with Crippen LogP contribution in [0.2, 0.25) is 5.02 Å². The molecule has 1 fully saturated rings. The van der Waals surface area contributed by atoms with Gasteiger partial charge in [-0.3, -0.25) is 24.5 Å². The molecule has 8 heteroatoms. The van der Waals surface area contributed by atoms with Crippen LogP contribution in [0.25, 0.3) is 0 Å². The average Bonchev–Trinajstić information content (AvgIpc) is 3.21. The molecule has 1 unspecified atom stereocenters. The van der Waals surface area contributed by atoms with Crippen LogP contribution in [0.5, 0.6) is 0 Å². The molecule has 0 saturated carbocycles. The number of carbonyl (C=O) groups excluding carboxylic acids is 4. The molecule has 0 radical (unpaired) electrons. The number of Topliss-reactive ketones (excluding diaryl/α,β-unsaturated/α-hetero) is 1. The molecular formula is C23H23ClN2O4S. The Hall–Kier alpha value is -2.51. The smallest absolute Gasteiger partial charge is 0.256 e. The lowest BCUT2D eigenvalue weighted by molar-refractivity contribution is -0.132. The van der Waals surface area contributed by atoms with Crippen LogP contribution in [0, 0.1) is 6.92 Å². The van der Waals surface area contributed by atoms with Crippen molar-refractivity contribution < 1.29 is 19.2 Å². The topological polar surface area (TPSA) is 83.6 Å². The first-order valence-corrected chi connectivity index (χ1v) is 11.6. The van der Waals surface area contributed by atoms with Gasteiger partial charge >= 0.3 is 0 Å². The molecule has 1 aromatic heterocycles. The summed E-state index contributed by atoms with van der Waals surface area (Å²) in [5.74, 6) is -0.752. The Morgan fingerprint density at radius 3 is 2.87 bits per heavy atom. The van der Waals surface area contributed by atoms with E-state index in [1.54, 1.807) is 4.90 Å². The molecule has 0 aliphatic carbocycles. The molecule has 1 atom stereocenters. The summed E-state index contributed by atoms with van der Waals surface area (Å²) in [5.41, 5.74) is 3.39. The van der Waals surface area contributed by atoms with Gasteiger partial charge in [0.15, 0.2) is 0 Å². The van der Waals surface area contributed by atoms with Crippen LogP contribution in [0.15, 0.2) is 23.6 Å². The number of rotatable bonds is 6. The van der Waals surface area contributed by atoms with Crippen molar-refractivity contribution in [2.45, 2.75) is 58.0 Å². The van der Waals surface area contributed by atoms with Gasteiger partial charge in [-0.15, -0.1) is 11.3 Å². The third-order valence-electron chi connectivity index (χ3n) is 5.89. The molecule has 1 aromatic carbocycles. The molecule has 4 rings (SSSR count). The van der Waals surface area contributed by atoms with Crippen molar-refractivity contribution in [1.82, 2.24) is 10.2 Å². The second-order valence-corrected chi connectivity index (χ2v) is 9.48. The Morgan fingerprint density at radius 1 is 1.29 bits per heavy atom. The Bertz CT molecular complexity index is 1080. The highest BCUT2D eigenvalue weighted by Gasteiger charge is 2.39. The Labute approximate surface area is 189 Å². The van der Waals surface area contributed by atoms with Gasteiger partial charge in [-0.25, -0.2) is 0 Å². The third-order valence-corrected chi connectivity index (χ3v) is 7.39. The number of halogens is 1. The van der Waals surface area contributed by atoms with Crippen LogP contribution in [0.4, 0.5) is 0 Å². The van der Waals surface area contributed by atoms with E-state index in [-0.39, 0.29) is 17.6 Å². The number of benzene rings is 1. The van der Waals surface area contributed by atoms with Gasteiger partial charge in [-0.2, -0.15) is 0 Å². The van der Waals surface area contributed by atoms with E-state index in [0.29, 0.717) is 55.7 Å². The van der Waals surface area contributed by atoms with Gasteiger partial charge in [-0.05, 0) is 48.9 Å². The molecule has 2 aliphatic rings. The summed E-state index contributed by atoms with van der Waals surface area (Å²) in [6.07, 6.45) is 2.62. The fourth-order valence-electron chi connectivity index (χ4n) is 4.12. The molecule has 162 valence electrons. The van der Waals surface area contributed by atoms with E-state index in [1.807, 2.05) is 30.5 Å². The minimum Gasteiger partial charge on any atom is -0.322 e. The second-order valence-electron chi connectivity index (χ2n) is 8.10. The average molecular weight is 459 g/mol. The molecule has 3 heterocycles. The zero-order valence-corrected chi connectivity index (χ0v) is 18.8. The predicted octanol–water partition coefficient (Wildman–Crippen LogP) is 3.61. The predicted molar refractivity (Wildman–Crippen MR) is 118 cm³/mol. The van der Waals surface area contributed by atoms with Crippen LogP contribution in [-0.4, -0.2) is 34.4 Å². The number of nitrogens with one attached hydrogen (secondary N) is 1. The van der Waals surface area contributed by atoms with Crippen molar-refractivity contribution in [1.29, 1.82) is 0 Å². The van der Waals surface area contributed by atoms with Crippen molar-refractivity contribution in [3.8, 4) is 0 Å². The van der Waals surface area contributed by atoms with Crippen LogP contribution in [-0.2, 0) is 33.8 Å². The van der Waals surface area contributed by atoms with E-state index in [0.717, 1.165) is 21.6 Å². The van der Waals surface area contributed by atoms with E-state index in [2.05, 4.69) is 5.32 Å². The van der Waals surface area contributed by atoms with Gasteiger partial charge in [0.1, 0.15) is 11.8 Å². The number of imide groups is 1. The Kier molecular flexibility index (Phi) is 6.25. The molecule has 0 bridgehead atoms. The summed E-state index contributed by atoms with van der Waals surface area (Å²) in [5, 5.41) is 4.84. The standard InChI is InChI=1S/C23H23ClN2O4S/c1-13-5-6-14(10-18(13)24)9-15(27)7-8-20-16-11-26(23(30)17(16)12-31-20)19-3-2-4-21(28)25-22(19)29/h5-6,10,12,19H,2-4,7-9,11H2,1H3,(H,25,28,29). The highest BCUT2D eigenvalue weighted by atomic mass is 35.5. The first-order valence-electron chi connectivity index (χ1n) is 10.3. The maximum Gasteiger partial charge on any atom is 0.256 e. The fourth-order valence-corrected chi connectivity index (χ4v) is 5.36. The highest BCUT2D eigenvalue weighted by Crippen LogP contribution is 2.34. The van der Waals surface area contributed by atoms with Gasteiger partial charge in [0, 0.05) is 41.1 Å². The Balaban J connectivity index is 1.40. The lowest BCUT2D eigenvalue weighted by Crippen LogP contribution is -2.47. The summed E-state index contributed by atoms with van der Waals surface area (Å²) in [6, 6.07) is 5.03. The molecule has 0 spiro atoms. The second kappa shape index (κ2) is 8.93. The van der Waals surface area contributed by atoms with Crippen LogP contribution >= 0.6 is 22.9 Å². The largest absolute Gasteiger partial charge is 0.322 e. The number of amides is 3. The zero-order chi connectivity index (χ0) is 22.1. The molecule has 31 heavy (non-hydrogen) atoms. The zero-order valence-electron chi connectivity index (χ0n) is 17.2. The lowest BCUT2D eigenvalue weighted by atomic mass is 10.0. The number of fused-ring (bicyclic) bond motifs is 1. The van der Waals surface area contributed by atoms with Gasteiger partial charge in [-0.1, -0.05) is 23.7 Å². The van der Waals surface area contributed by atoms with E-state index in [1.165, 1.54) is 11.3 Å². The number of carbonyl (C=O) groups is 4. The van der Waals surface area contributed by atoms with Crippen molar-refractivity contribution in [3.05, 3.63) is 55.7 Å². The van der Waals surface area contributed by atoms with Crippen molar-refractivity contribution >= 4 is 46.4 Å². The van der Waals surface area contributed by atoms with E-state index in [9.17, 15) is 19.2 Å². The van der Waals surface area contributed by atoms with E-state index < -0.39 is 11.9 Å². The van der Waals surface area contributed by atoms with Crippen molar-refractivity contribution in [2.24, 2.45) is 0 Å². The number of aryl methyl sites for hydroxylation is 2. The van der Waals surface area contributed by atoms with Gasteiger partial charge in [0.05, 0.1) is 5.56 Å². The van der Waals surface area contributed by atoms with Gasteiger partial charge in [0.2, 0.25) is 11.8 Å². The normalized spacial score (nSPS) is 18.7. The molecule has 6 nitrogen and oxygen atoms in total. The summed E-state index contributed by atoms with van der Waals surface area (Å²) < 4.78 is 0. The van der Waals surface area contributed by atoms with E-state index >= 15 is 0 Å². The number of ketones is 1. The molecular weight excluding hydrogens is 436 g/mol. The minimum atomic E-state index is -0.628. The SMILES string of the molecule is Cc1ccc(CC(=O)CCc2scc3c2CN(C2CCCC(=O)NC2=O)C3=O)cc1Cl. The maximum atomic E-state index is 12.9. The van der Waals surface area contributed by atoms with Gasteiger partial charge < -0.3 is 4.90 Å². The molecule has 2 aromatic rings. The van der Waals surface area contributed by atoms with Crippen LogP contribution < -0.4 is 5.32 Å². The Morgan fingerprint density at radius 2 is 2.10 bits per heavy atom. The molecule has 1 saturated heterocycles. The third kappa shape index (κ3) is 4.57. The summed E-state index contributed by atoms with van der Waals surface area (Å²) in [4.78, 5) is 51.9. The van der Waals surface area contributed by atoms with Crippen molar-refractivity contribution in [2.75, 3.05) is 0 Å². The first kappa shape index (κ1) is 21.7. The number of nitrogens with zero attached hydrogens (tertiary/aromatic N) is 1. The van der Waals surface area contributed by atoms with Crippen LogP contribution in [0.3, 0.4) is 0 Å². The molecule has 2 aliphatic heterocycles. The monoisotopic (exact) mass is 458 g/mol. The number of hydrogen-bond donors (Lipinski definition) is 1. The summed E-state index contributed by atoms with van der Waals surface area (Å²) >= 11 is 7.63. The van der Waals surface area contributed by atoms with Crippen molar-refractivity contribution in [3.63, 3.8) is 0 Å². The molecule has 1 N–H and O–H groups in total.